The maximum atomic E-state index is 4.55. The van der Waals surface area contributed by atoms with E-state index in [4.69, 9.17) is 0 Å². The monoisotopic (exact) mass is 609 g/mol. The van der Waals surface area contributed by atoms with Crippen LogP contribution in [0.25, 0.3) is 22.5 Å². The number of aromatic nitrogens is 2. The van der Waals surface area contributed by atoms with Crippen molar-refractivity contribution < 1.29 is 20.1 Å². The van der Waals surface area contributed by atoms with Crippen LogP contribution in [0.3, 0.4) is 0 Å². The fourth-order valence-corrected chi connectivity index (χ4v) is 5.22. The summed E-state index contributed by atoms with van der Waals surface area (Å²) in [5.74, 6) is 1.01. The average molecular weight is 609 g/mol. The van der Waals surface area contributed by atoms with Gasteiger partial charge in [0, 0.05) is 32.5 Å². The van der Waals surface area contributed by atoms with E-state index >= 15 is 0 Å². The van der Waals surface area contributed by atoms with E-state index in [1.165, 1.54) is 44.1 Å². The molecule has 3 aliphatic carbocycles. The van der Waals surface area contributed by atoms with Gasteiger partial charge in [-0.1, -0.05) is 18.2 Å². The second-order valence-corrected chi connectivity index (χ2v) is 8.96. The van der Waals surface area contributed by atoms with E-state index < -0.39 is 0 Å². The molecule has 2 nitrogen and oxygen atoms in total. The van der Waals surface area contributed by atoms with E-state index in [9.17, 15) is 0 Å². The zero-order valence-electron chi connectivity index (χ0n) is 18.7. The van der Waals surface area contributed by atoms with Crippen LogP contribution in [0.4, 0.5) is 0 Å². The second kappa shape index (κ2) is 11.0. The van der Waals surface area contributed by atoms with E-state index in [2.05, 4.69) is 46.4 Å². The van der Waals surface area contributed by atoms with Gasteiger partial charge in [-0.3, -0.25) is 0 Å². The predicted molar refractivity (Wildman–Crippen MR) is 130 cm³/mol. The molecule has 0 aliphatic heterocycles. The van der Waals surface area contributed by atoms with Crippen molar-refractivity contribution in [1.29, 1.82) is 0 Å². The van der Waals surface area contributed by atoms with Gasteiger partial charge in [-0.05, 0) is 78.9 Å². The minimum atomic E-state index is 0. The van der Waals surface area contributed by atoms with Gasteiger partial charge in [0.1, 0.15) is 0 Å². The molecule has 169 valence electrons. The Labute approximate surface area is 210 Å². The second-order valence-electron chi connectivity index (χ2n) is 8.96. The summed E-state index contributed by atoms with van der Waals surface area (Å²) in [6.45, 7) is 0. The number of benzene rings is 2. The van der Waals surface area contributed by atoms with Gasteiger partial charge >= 0.3 is 0 Å². The van der Waals surface area contributed by atoms with Crippen LogP contribution in [0.2, 0.25) is 0 Å². The van der Waals surface area contributed by atoms with Gasteiger partial charge in [-0.2, -0.15) is 0 Å². The van der Waals surface area contributed by atoms with Gasteiger partial charge < -0.3 is 9.97 Å². The molecule has 0 unspecified atom stereocenters. The number of fused-ring (bicyclic) bond motifs is 3. The molecule has 3 fully saturated rings. The first-order valence-corrected chi connectivity index (χ1v) is 11.6. The topological polar surface area (TPSA) is 25.8 Å². The molecule has 2 bridgehead atoms. The number of hydrogen-bond donors (Lipinski definition) is 0. The van der Waals surface area contributed by atoms with Crippen LogP contribution in [-0.4, -0.2) is 9.97 Å². The van der Waals surface area contributed by atoms with Crippen LogP contribution < -0.4 is 0 Å². The Kier molecular flexibility index (Phi) is 7.85. The molecule has 0 amide bonds. The summed E-state index contributed by atoms with van der Waals surface area (Å²) in [5, 5.41) is 0. The van der Waals surface area contributed by atoms with Crippen LogP contribution in [0.15, 0.2) is 91.3 Å². The number of nitrogens with zero attached hydrogens (tertiary/aromatic N) is 2. The molecule has 4 aromatic rings. The first kappa shape index (κ1) is 23.5. The van der Waals surface area contributed by atoms with Crippen molar-refractivity contribution in [3.8, 4) is 22.5 Å². The summed E-state index contributed by atoms with van der Waals surface area (Å²) in [5.41, 5.74) is 6.15. The SMILES string of the molecule is [Ir].[c-]1ccccc1-c1cc(C23CCC(CC2)CC3)ccn1.[c-]1ccccc1-c1ccccn1. The third kappa shape index (κ3) is 5.49. The van der Waals surface area contributed by atoms with Crippen molar-refractivity contribution in [3.63, 3.8) is 0 Å². The minimum Gasteiger partial charge on any atom is -0.305 e. The van der Waals surface area contributed by atoms with Crippen LogP contribution >= 0.6 is 0 Å². The summed E-state index contributed by atoms with van der Waals surface area (Å²) < 4.78 is 0. The Morgan fingerprint density at radius 3 is 1.85 bits per heavy atom. The summed E-state index contributed by atoms with van der Waals surface area (Å²) in [6.07, 6.45) is 12.2. The number of pyridine rings is 2. The molecule has 3 saturated carbocycles. The molecule has 0 saturated heterocycles. The summed E-state index contributed by atoms with van der Waals surface area (Å²) in [7, 11) is 0. The van der Waals surface area contributed by atoms with Crippen molar-refractivity contribution >= 4 is 0 Å². The van der Waals surface area contributed by atoms with Crippen LogP contribution in [-0.2, 0) is 25.5 Å². The van der Waals surface area contributed by atoms with Crippen molar-refractivity contribution in [2.24, 2.45) is 5.92 Å². The summed E-state index contributed by atoms with van der Waals surface area (Å²) in [4.78, 5) is 8.77. The van der Waals surface area contributed by atoms with Crippen LogP contribution in [0, 0.1) is 18.1 Å². The molecule has 3 aliphatic rings. The molecule has 2 aromatic carbocycles. The standard InChI is InChI=1S/C19H20N.C11H8N.Ir/c1-2-4-16(5-3-1)18-14-17(9-13-20-18)19-10-6-15(7-11-19)8-12-19;1-2-6-10(7-3-1)11-8-4-5-9-12-11;/h1-4,9,13-15H,6-8,10-12H2;1-6,8-9H;/q2*-1;. The Hall–Kier alpha value is -2.61. The van der Waals surface area contributed by atoms with Gasteiger partial charge in [-0.25, -0.2) is 0 Å². The normalized spacial score (nSPS) is 20.8. The Morgan fingerprint density at radius 1 is 0.667 bits per heavy atom. The van der Waals surface area contributed by atoms with Crippen molar-refractivity contribution in [1.82, 2.24) is 9.97 Å². The average Bonchev–Trinajstić information content (AvgIpc) is 2.92. The Balaban J connectivity index is 0.000000172. The van der Waals surface area contributed by atoms with Gasteiger partial charge in [0.2, 0.25) is 0 Å². The van der Waals surface area contributed by atoms with E-state index in [0.29, 0.717) is 5.41 Å². The van der Waals surface area contributed by atoms with E-state index in [1.54, 1.807) is 6.20 Å². The first-order valence-electron chi connectivity index (χ1n) is 11.6. The molecule has 2 heterocycles. The van der Waals surface area contributed by atoms with Gasteiger partial charge in [-0.15, -0.1) is 71.8 Å². The smallest absolute Gasteiger partial charge is 0.0163 e. The van der Waals surface area contributed by atoms with Crippen LogP contribution in [0.1, 0.15) is 44.1 Å². The van der Waals surface area contributed by atoms with Crippen LogP contribution in [0.5, 0.6) is 0 Å². The largest absolute Gasteiger partial charge is 0.305 e. The van der Waals surface area contributed by atoms with E-state index in [-0.39, 0.29) is 20.1 Å². The zero-order valence-corrected chi connectivity index (χ0v) is 21.1. The van der Waals surface area contributed by atoms with Gasteiger partial charge in [0.25, 0.3) is 0 Å². The third-order valence-corrected chi connectivity index (χ3v) is 7.10. The molecule has 0 atom stereocenters. The van der Waals surface area contributed by atoms with Gasteiger partial charge in [0.15, 0.2) is 0 Å². The quantitative estimate of drug-likeness (QED) is 0.228. The number of hydrogen-bond acceptors (Lipinski definition) is 2. The van der Waals surface area contributed by atoms with Crippen molar-refractivity contribution in [2.45, 2.75) is 43.9 Å². The molecule has 1 radical (unpaired) electrons. The molecule has 3 heteroatoms. The molecule has 7 rings (SSSR count). The molecular weight excluding hydrogens is 581 g/mol. The Morgan fingerprint density at radius 2 is 1.27 bits per heavy atom. The zero-order chi connectivity index (χ0) is 21.6. The molecular formula is C30H28IrN2-2. The number of rotatable bonds is 3. The fourth-order valence-electron chi connectivity index (χ4n) is 5.22. The predicted octanol–water partition coefficient (Wildman–Crippen LogP) is 7.32. The van der Waals surface area contributed by atoms with E-state index in [1.807, 2.05) is 60.8 Å². The molecule has 33 heavy (non-hydrogen) atoms. The van der Waals surface area contributed by atoms with Crippen molar-refractivity contribution in [2.75, 3.05) is 0 Å². The molecule has 0 N–H and O–H groups in total. The molecule has 0 spiro atoms. The maximum absolute atomic E-state index is 4.55. The fraction of sp³-hybridized carbons (Fsp3) is 0.267. The minimum absolute atomic E-state index is 0. The molecule has 2 aromatic heterocycles. The van der Waals surface area contributed by atoms with E-state index in [0.717, 1.165) is 28.4 Å². The van der Waals surface area contributed by atoms with Crippen molar-refractivity contribution in [3.05, 3.63) is 109 Å². The summed E-state index contributed by atoms with van der Waals surface area (Å²) in [6, 6.07) is 32.8. The summed E-state index contributed by atoms with van der Waals surface area (Å²) >= 11 is 0. The Bertz CT molecular complexity index is 1070. The maximum Gasteiger partial charge on any atom is 0.0163 e. The van der Waals surface area contributed by atoms with Gasteiger partial charge in [0.05, 0.1) is 0 Å². The first-order chi connectivity index (χ1) is 15.8. The third-order valence-electron chi connectivity index (χ3n) is 7.10.